The maximum atomic E-state index is 11.5. The smallest absolute Gasteiger partial charge is 0.305 e. The molecule has 0 bridgehead atoms. The minimum absolute atomic E-state index is 0.00756. The van der Waals surface area contributed by atoms with Crippen molar-refractivity contribution in [3.05, 3.63) is 0 Å². The standard InChI is InChI=1S/C11H21NO3/c1-5-8(6-10(14)15)12-9(13)7-11(2,3)4/h8H,5-7H2,1-4H3,(H,12,13)(H,14,15). The quantitative estimate of drug-likeness (QED) is 0.734. The summed E-state index contributed by atoms with van der Waals surface area (Å²) in [5, 5.41) is 11.3. The van der Waals surface area contributed by atoms with Gasteiger partial charge in [0.1, 0.15) is 0 Å². The van der Waals surface area contributed by atoms with Gasteiger partial charge in [0.15, 0.2) is 0 Å². The highest BCUT2D eigenvalue weighted by molar-refractivity contribution is 5.77. The third kappa shape index (κ3) is 7.97. The Morgan fingerprint density at radius 2 is 1.87 bits per heavy atom. The van der Waals surface area contributed by atoms with Crippen LogP contribution < -0.4 is 5.32 Å². The fraction of sp³-hybridized carbons (Fsp3) is 0.818. The Morgan fingerprint density at radius 1 is 1.33 bits per heavy atom. The van der Waals surface area contributed by atoms with E-state index in [2.05, 4.69) is 5.32 Å². The summed E-state index contributed by atoms with van der Waals surface area (Å²) >= 11 is 0. The van der Waals surface area contributed by atoms with Crippen molar-refractivity contribution in [2.24, 2.45) is 5.41 Å². The second-order valence-corrected chi connectivity index (χ2v) is 5.01. The lowest BCUT2D eigenvalue weighted by Gasteiger charge is -2.20. The molecular weight excluding hydrogens is 194 g/mol. The summed E-state index contributed by atoms with van der Waals surface area (Å²) < 4.78 is 0. The summed E-state index contributed by atoms with van der Waals surface area (Å²) in [6, 6.07) is -0.252. The highest BCUT2D eigenvalue weighted by Gasteiger charge is 2.19. The summed E-state index contributed by atoms with van der Waals surface area (Å²) in [6.45, 7) is 7.80. The number of carbonyl (C=O) groups is 2. The van der Waals surface area contributed by atoms with E-state index in [1.54, 1.807) is 0 Å². The van der Waals surface area contributed by atoms with E-state index in [4.69, 9.17) is 5.11 Å². The van der Waals surface area contributed by atoms with Crippen molar-refractivity contribution in [3.8, 4) is 0 Å². The first kappa shape index (κ1) is 13.9. The number of hydrogen-bond donors (Lipinski definition) is 2. The third-order valence-electron chi connectivity index (χ3n) is 1.97. The first-order chi connectivity index (χ1) is 6.74. The molecule has 0 aromatic carbocycles. The Morgan fingerprint density at radius 3 is 2.20 bits per heavy atom. The van der Waals surface area contributed by atoms with Crippen LogP contribution in [0.25, 0.3) is 0 Å². The number of amides is 1. The number of carboxylic acids is 1. The summed E-state index contributed by atoms with van der Waals surface area (Å²) in [5.74, 6) is -0.950. The van der Waals surface area contributed by atoms with Crippen LogP contribution >= 0.6 is 0 Å². The number of hydrogen-bond acceptors (Lipinski definition) is 2. The fourth-order valence-corrected chi connectivity index (χ4v) is 1.27. The molecule has 88 valence electrons. The summed E-state index contributed by atoms with van der Waals surface area (Å²) in [6.07, 6.45) is 1.05. The van der Waals surface area contributed by atoms with Gasteiger partial charge in [-0.1, -0.05) is 27.7 Å². The molecule has 0 saturated carbocycles. The van der Waals surface area contributed by atoms with Gasteiger partial charge in [0, 0.05) is 12.5 Å². The van der Waals surface area contributed by atoms with Crippen LogP contribution in [0.2, 0.25) is 0 Å². The zero-order chi connectivity index (χ0) is 12.1. The Kier molecular flexibility index (Phi) is 5.33. The second-order valence-electron chi connectivity index (χ2n) is 5.01. The van der Waals surface area contributed by atoms with Crippen molar-refractivity contribution >= 4 is 11.9 Å². The van der Waals surface area contributed by atoms with Gasteiger partial charge in [-0.15, -0.1) is 0 Å². The molecule has 4 heteroatoms. The molecule has 4 nitrogen and oxygen atoms in total. The van der Waals surface area contributed by atoms with Crippen LogP contribution in [0.1, 0.15) is 47.0 Å². The molecule has 0 aromatic rings. The zero-order valence-corrected chi connectivity index (χ0v) is 9.96. The molecule has 0 saturated heterocycles. The summed E-state index contributed by atoms with van der Waals surface area (Å²) in [7, 11) is 0. The molecular formula is C11H21NO3. The fourth-order valence-electron chi connectivity index (χ4n) is 1.27. The molecule has 1 unspecified atom stereocenters. The van der Waals surface area contributed by atoms with Crippen LogP contribution in [0.3, 0.4) is 0 Å². The van der Waals surface area contributed by atoms with Gasteiger partial charge in [-0.05, 0) is 11.8 Å². The molecule has 1 amide bonds. The topological polar surface area (TPSA) is 66.4 Å². The van der Waals surface area contributed by atoms with E-state index in [0.29, 0.717) is 12.8 Å². The van der Waals surface area contributed by atoms with Gasteiger partial charge in [0.25, 0.3) is 0 Å². The number of aliphatic carboxylic acids is 1. The van der Waals surface area contributed by atoms with Crippen LogP contribution in [-0.2, 0) is 9.59 Å². The Balaban J connectivity index is 4.07. The molecule has 0 aromatic heterocycles. The third-order valence-corrected chi connectivity index (χ3v) is 1.97. The average Bonchev–Trinajstić information content (AvgIpc) is 1.98. The van der Waals surface area contributed by atoms with Gasteiger partial charge in [-0.3, -0.25) is 9.59 Å². The lowest BCUT2D eigenvalue weighted by Crippen LogP contribution is -2.37. The van der Waals surface area contributed by atoms with Crippen LogP contribution in [0, 0.1) is 5.41 Å². The van der Waals surface area contributed by atoms with Gasteiger partial charge in [0.2, 0.25) is 5.91 Å². The number of carboxylic acid groups (broad SMARTS) is 1. The van der Waals surface area contributed by atoms with E-state index in [-0.39, 0.29) is 23.8 Å². The predicted octanol–water partition coefficient (Wildman–Crippen LogP) is 1.79. The minimum Gasteiger partial charge on any atom is -0.481 e. The molecule has 0 aliphatic carbocycles. The van der Waals surface area contributed by atoms with Gasteiger partial charge in [-0.25, -0.2) is 0 Å². The van der Waals surface area contributed by atoms with Crippen molar-refractivity contribution in [2.45, 2.75) is 53.0 Å². The van der Waals surface area contributed by atoms with E-state index in [1.807, 2.05) is 27.7 Å². The Labute approximate surface area is 91.1 Å². The minimum atomic E-state index is -0.877. The molecule has 1 atom stereocenters. The van der Waals surface area contributed by atoms with E-state index in [1.165, 1.54) is 0 Å². The van der Waals surface area contributed by atoms with E-state index in [0.717, 1.165) is 0 Å². The van der Waals surface area contributed by atoms with E-state index < -0.39 is 5.97 Å². The molecule has 0 rings (SSSR count). The Hall–Kier alpha value is -1.06. The molecule has 0 heterocycles. The SMILES string of the molecule is CCC(CC(=O)O)NC(=O)CC(C)(C)C. The molecule has 0 spiro atoms. The van der Waals surface area contributed by atoms with E-state index in [9.17, 15) is 9.59 Å². The molecule has 0 aliphatic rings. The highest BCUT2D eigenvalue weighted by atomic mass is 16.4. The maximum Gasteiger partial charge on any atom is 0.305 e. The van der Waals surface area contributed by atoms with Gasteiger partial charge in [0.05, 0.1) is 6.42 Å². The number of nitrogens with one attached hydrogen (secondary N) is 1. The molecule has 2 N–H and O–H groups in total. The first-order valence-corrected chi connectivity index (χ1v) is 5.25. The normalized spacial score (nSPS) is 13.3. The van der Waals surface area contributed by atoms with Crippen molar-refractivity contribution < 1.29 is 14.7 Å². The predicted molar refractivity (Wildman–Crippen MR) is 58.5 cm³/mol. The van der Waals surface area contributed by atoms with Gasteiger partial charge < -0.3 is 10.4 Å². The van der Waals surface area contributed by atoms with Gasteiger partial charge >= 0.3 is 5.97 Å². The first-order valence-electron chi connectivity index (χ1n) is 5.25. The molecule has 0 radical (unpaired) electrons. The Bertz CT molecular complexity index is 230. The van der Waals surface area contributed by atoms with Crippen molar-refractivity contribution in [3.63, 3.8) is 0 Å². The molecule has 15 heavy (non-hydrogen) atoms. The number of rotatable bonds is 5. The molecule has 0 fully saturated rings. The lowest BCUT2D eigenvalue weighted by molar-refractivity contribution is -0.137. The highest BCUT2D eigenvalue weighted by Crippen LogP contribution is 2.18. The largest absolute Gasteiger partial charge is 0.481 e. The van der Waals surface area contributed by atoms with E-state index >= 15 is 0 Å². The van der Waals surface area contributed by atoms with Crippen molar-refractivity contribution in [1.82, 2.24) is 5.32 Å². The van der Waals surface area contributed by atoms with Gasteiger partial charge in [-0.2, -0.15) is 0 Å². The van der Waals surface area contributed by atoms with Crippen molar-refractivity contribution in [2.75, 3.05) is 0 Å². The lowest BCUT2D eigenvalue weighted by atomic mass is 9.91. The summed E-state index contributed by atoms with van der Waals surface area (Å²) in [4.78, 5) is 22.0. The summed E-state index contributed by atoms with van der Waals surface area (Å²) in [5.41, 5.74) is -0.0639. The molecule has 0 aliphatic heterocycles. The maximum absolute atomic E-state index is 11.5. The van der Waals surface area contributed by atoms with Crippen LogP contribution in [0.15, 0.2) is 0 Å². The monoisotopic (exact) mass is 215 g/mol. The van der Waals surface area contributed by atoms with Crippen molar-refractivity contribution in [1.29, 1.82) is 0 Å². The average molecular weight is 215 g/mol. The number of carbonyl (C=O) groups excluding carboxylic acids is 1. The van der Waals surface area contributed by atoms with Crippen LogP contribution in [0.5, 0.6) is 0 Å². The van der Waals surface area contributed by atoms with Crippen LogP contribution in [0.4, 0.5) is 0 Å². The zero-order valence-electron chi connectivity index (χ0n) is 9.96. The van der Waals surface area contributed by atoms with Crippen LogP contribution in [-0.4, -0.2) is 23.0 Å². The second kappa shape index (κ2) is 5.73.